The maximum Gasteiger partial charge on any atom is 0.326 e. The van der Waals surface area contributed by atoms with Crippen LogP contribution in [-0.4, -0.2) is 70.2 Å². The topological polar surface area (TPSA) is 151 Å². The lowest BCUT2D eigenvalue weighted by Crippen LogP contribution is -2.62. The summed E-state index contributed by atoms with van der Waals surface area (Å²) in [7, 11) is 0. The van der Waals surface area contributed by atoms with Crippen LogP contribution in [-0.2, 0) is 25.6 Å². The third-order valence-corrected chi connectivity index (χ3v) is 5.70. The minimum atomic E-state index is -1.36. The van der Waals surface area contributed by atoms with E-state index in [4.69, 9.17) is 5.73 Å². The van der Waals surface area contributed by atoms with Gasteiger partial charge in [-0.15, -0.1) is 0 Å². The molecule has 0 heterocycles. The molecule has 1 aromatic rings. The van der Waals surface area contributed by atoms with E-state index in [1.54, 1.807) is 24.3 Å². The number of hydrogen-bond donors (Lipinski definition) is 6. The van der Waals surface area contributed by atoms with Crippen molar-refractivity contribution in [1.82, 2.24) is 16.0 Å². The monoisotopic (exact) mass is 484 g/mol. The Bertz CT molecular complexity index is 792. The Kier molecular flexibility index (Phi) is 11.6. The van der Waals surface area contributed by atoms with Crippen LogP contribution in [0, 0.1) is 0 Å². The largest absolute Gasteiger partial charge is 0.480 e. The zero-order valence-electron chi connectivity index (χ0n) is 18.5. The van der Waals surface area contributed by atoms with Crippen molar-refractivity contribution in [1.29, 1.82) is 0 Å². The molecule has 9 nitrogen and oxygen atoms in total. The molecule has 0 fully saturated rings. The molecular weight excluding hydrogens is 452 g/mol. The molecule has 0 unspecified atom stereocenters. The zero-order chi connectivity index (χ0) is 24.3. The third-order valence-electron chi connectivity index (χ3n) is 4.67. The minimum Gasteiger partial charge on any atom is -0.480 e. The second-order valence-electron chi connectivity index (χ2n) is 7.80. The first-order valence-corrected chi connectivity index (χ1v) is 12.1. The number of aliphatic carboxylic acids is 1. The molecule has 6 N–H and O–H groups in total. The third kappa shape index (κ3) is 9.09. The van der Waals surface area contributed by atoms with Crippen LogP contribution in [0.15, 0.2) is 30.3 Å². The summed E-state index contributed by atoms with van der Waals surface area (Å²) in [5, 5.41) is 17.1. The average Bonchev–Trinajstić information content (AvgIpc) is 2.75. The SMILES string of the molecule is CSCC[C@H](NC(=O)[C@H](Cc1ccccc1)NC(=O)C(C)(C)NC(=O)[C@@H](N)CS)C(=O)O. The van der Waals surface area contributed by atoms with Crippen LogP contribution in [0.4, 0.5) is 0 Å². The second kappa shape index (κ2) is 13.3. The second-order valence-corrected chi connectivity index (χ2v) is 9.15. The molecule has 0 aliphatic carbocycles. The van der Waals surface area contributed by atoms with Crippen LogP contribution in [0.5, 0.6) is 0 Å². The van der Waals surface area contributed by atoms with Gasteiger partial charge in [0.05, 0.1) is 6.04 Å². The fourth-order valence-corrected chi connectivity index (χ4v) is 3.34. The van der Waals surface area contributed by atoms with E-state index in [1.165, 1.54) is 25.6 Å². The van der Waals surface area contributed by atoms with Crippen molar-refractivity contribution in [3.8, 4) is 0 Å². The van der Waals surface area contributed by atoms with E-state index < -0.39 is 47.4 Å². The van der Waals surface area contributed by atoms with E-state index in [-0.39, 0.29) is 18.6 Å². The summed E-state index contributed by atoms with van der Waals surface area (Å²) in [6.45, 7) is 2.98. The average molecular weight is 485 g/mol. The van der Waals surface area contributed by atoms with Gasteiger partial charge in [0.2, 0.25) is 17.7 Å². The van der Waals surface area contributed by atoms with Gasteiger partial charge >= 0.3 is 5.97 Å². The Hall–Kier alpha value is -2.24. The molecule has 1 aromatic carbocycles. The number of thioether (sulfide) groups is 1. The summed E-state index contributed by atoms with van der Waals surface area (Å²) in [5.74, 6) is -2.26. The predicted molar refractivity (Wildman–Crippen MR) is 129 cm³/mol. The number of nitrogens with two attached hydrogens (primary N) is 1. The van der Waals surface area contributed by atoms with Crippen molar-refractivity contribution in [2.24, 2.45) is 5.73 Å². The van der Waals surface area contributed by atoms with Crippen molar-refractivity contribution >= 4 is 48.1 Å². The zero-order valence-corrected chi connectivity index (χ0v) is 20.2. The normalized spacial score (nSPS) is 14.0. The lowest BCUT2D eigenvalue weighted by molar-refractivity contribution is -0.142. The number of benzene rings is 1. The van der Waals surface area contributed by atoms with Gasteiger partial charge in [-0.2, -0.15) is 24.4 Å². The maximum atomic E-state index is 13.0. The quantitative estimate of drug-likeness (QED) is 0.219. The highest BCUT2D eigenvalue weighted by atomic mass is 32.2. The van der Waals surface area contributed by atoms with Gasteiger partial charge in [-0.05, 0) is 37.8 Å². The Labute approximate surface area is 198 Å². The van der Waals surface area contributed by atoms with E-state index in [1.807, 2.05) is 12.3 Å². The summed E-state index contributed by atoms with van der Waals surface area (Å²) >= 11 is 5.45. The fraction of sp³-hybridized carbons (Fsp3) is 0.524. The standard InChI is InChI=1S/C21H32N4O5S2/c1-21(2,25-17(26)14(22)12-31)20(30)24-16(11-13-7-5-4-6-8-13)18(27)23-15(19(28)29)9-10-32-3/h4-8,14-16,31H,9-12,22H2,1-3H3,(H,23,27)(H,24,30)(H,25,26)(H,28,29)/t14-,15-,16-/m0/s1. The molecule has 0 saturated heterocycles. The van der Waals surface area contributed by atoms with E-state index in [2.05, 4.69) is 28.6 Å². The van der Waals surface area contributed by atoms with Crippen LogP contribution in [0.2, 0.25) is 0 Å². The number of hydrogen-bond acceptors (Lipinski definition) is 7. The number of nitrogens with one attached hydrogen (secondary N) is 3. The van der Waals surface area contributed by atoms with Crippen LogP contribution in [0.25, 0.3) is 0 Å². The number of carbonyl (C=O) groups is 4. The van der Waals surface area contributed by atoms with Crippen molar-refractivity contribution in [2.75, 3.05) is 17.8 Å². The van der Waals surface area contributed by atoms with Crippen LogP contribution in [0.1, 0.15) is 25.8 Å². The van der Waals surface area contributed by atoms with Gasteiger partial charge in [-0.3, -0.25) is 14.4 Å². The van der Waals surface area contributed by atoms with E-state index >= 15 is 0 Å². The Morgan fingerprint density at radius 3 is 2.25 bits per heavy atom. The van der Waals surface area contributed by atoms with E-state index in [9.17, 15) is 24.3 Å². The minimum absolute atomic E-state index is 0.106. The van der Waals surface area contributed by atoms with Crippen LogP contribution < -0.4 is 21.7 Å². The first-order valence-electron chi connectivity index (χ1n) is 10.1. The molecule has 3 atom stereocenters. The Balaban J connectivity index is 3.02. The van der Waals surface area contributed by atoms with Crippen molar-refractivity contribution in [3.05, 3.63) is 35.9 Å². The number of amides is 3. The Morgan fingerprint density at radius 1 is 1.09 bits per heavy atom. The van der Waals surface area contributed by atoms with Crippen molar-refractivity contribution in [3.63, 3.8) is 0 Å². The molecule has 0 aliphatic heterocycles. The Morgan fingerprint density at radius 2 is 1.72 bits per heavy atom. The van der Waals surface area contributed by atoms with Gasteiger partial charge in [0.15, 0.2) is 0 Å². The van der Waals surface area contributed by atoms with Crippen molar-refractivity contribution in [2.45, 2.75) is 50.4 Å². The molecule has 0 radical (unpaired) electrons. The number of thiol groups is 1. The van der Waals surface area contributed by atoms with Crippen LogP contribution in [0.3, 0.4) is 0 Å². The fourth-order valence-electron chi connectivity index (χ4n) is 2.70. The molecule has 3 amide bonds. The smallest absolute Gasteiger partial charge is 0.326 e. The molecule has 0 aromatic heterocycles. The number of carboxylic acids is 1. The number of carbonyl (C=O) groups excluding carboxylic acids is 3. The first-order chi connectivity index (χ1) is 15.0. The summed E-state index contributed by atoms with van der Waals surface area (Å²) in [6.07, 6.45) is 2.24. The van der Waals surface area contributed by atoms with Crippen molar-refractivity contribution < 1.29 is 24.3 Å². The van der Waals surface area contributed by atoms with E-state index in [0.717, 1.165) is 5.56 Å². The summed E-state index contributed by atoms with van der Waals surface area (Å²) in [4.78, 5) is 49.5. The summed E-state index contributed by atoms with van der Waals surface area (Å²) in [6, 6.07) is 6.01. The molecule has 0 aliphatic rings. The molecule has 0 bridgehead atoms. The van der Waals surface area contributed by atoms with Gasteiger partial charge in [-0.1, -0.05) is 30.3 Å². The number of rotatable bonds is 13. The number of carboxylic acid groups (broad SMARTS) is 1. The molecule has 11 heteroatoms. The molecule has 0 spiro atoms. The van der Waals surface area contributed by atoms with Gasteiger partial charge < -0.3 is 26.8 Å². The van der Waals surface area contributed by atoms with Gasteiger partial charge in [0, 0.05) is 12.2 Å². The molecule has 0 saturated carbocycles. The summed E-state index contributed by atoms with van der Waals surface area (Å²) < 4.78 is 0. The highest BCUT2D eigenvalue weighted by Gasteiger charge is 2.34. The van der Waals surface area contributed by atoms with Gasteiger partial charge in [0.25, 0.3) is 0 Å². The molecule has 1 rings (SSSR count). The highest BCUT2D eigenvalue weighted by molar-refractivity contribution is 7.98. The molecule has 178 valence electrons. The first kappa shape index (κ1) is 27.8. The molecule has 32 heavy (non-hydrogen) atoms. The van der Waals surface area contributed by atoms with Gasteiger partial charge in [0.1, 0.15) is 17.6 Å². The molecular formula is C21H32N4O5S2. The van der Waals surface area contributed by atoms with E-state index in [0.29, 0.717) is 5.75 Å². The summed E-state index contributed by atoms with van der Waals surface area (Å²) in [5.41, 5.74) is 5.07. The maximum absolute atomic E-state index is 13.0. The lowest BCUT2D eigenvalue weighted by atomic mass is 10.00. The lowest BCUT2D eigenvalue weighted by Gasteiger charge is -2.29. The van der Waals surface area contributed by atoms with Gasteiger partial charge in [-0.25, -0.2) is 4.79 Å². The predicted octanol–water partition coefficient (Wildman–Crippen LogP) is 0.188. The van der Waals surface area contributed by atoms with Crippen LogP contribution >= 0.6 is 24.4 Å². The highest BCUT2D eigenvalue weighted by Crippen LogP contribution is 2.09.